The predicted molar refractivity (Wildman–Crippen MR) is 107 cm³/mol. The third-order valence-corrected chi connectivity index (χ3v) is 5.22. The summed E-state index contributed by atoms with van der Waals surface area (Å²) in [5.41, 5.74) is 4.72. The van der Waals surface area contributed by atoms with Crippen LogP contribution in [0.1, 0.15) is 23.7 Å². The summed E-state index contributed by atoms with van der Waals surface area (Å²) in [4.78, 5) is 17.6. The summed E-state index contributed by atoms with van der Waals surface area (Å²) in [6.07, 6.45) is -0.0941. The molecule has 6 nitrogen and oxygen atoms in total. The van der Waals surface area contributed by atoms with Gasteiger partial charge in [0.2, 0.25) is 5.91 Å². The van der Waals surface area contributed by atoms with Gasteiger partial charge in [0.15, 0.2) is 0 Å². The highest BCUT2D eigenvalue weighted by molar-refractivity contribution is 7.13. The van der Waals surface area contributed by atoms with Crippen LogP contribution in [0.3, 0.4) is 0 Å². The molecule has 1 aromatic carbocycles. The lowest BCUT2D eigenvalue weighted by Gasteiger charge is -2.19. The van der Waals surface area contributed by atoms with Crippen LogP contribution in [0.2, 0.25) is 0 Å². The van der Waals surface area contributed by atoms with Crippen molar-refractivity contribution < 1.29 is 15.0 Å². The van der Waals surface area contributed by atoms with Crippen LogP contribution in [0.4, 0.5) is 0 Å². The van der Waals surface area contributed by atoms with E-state index < -0.39 is 18.2 Å². The van der Waals surface area contributed by atoms with E-state index in [4.69, 9.17) is 0 Å². The first-order valence-electron chi connectivity index (χ1n) is 7.91. The average molecular weight is 420 g/mol. The number of aryl methyl sites for hydroxylation is 1. The van der Waals surface area contributed by atoms with Gasteiger partial charge >= 0.3 is 0 Å². The normalized spacial score (nSPS) is 20.0. The molecule has 0 aliphatic carbocycles. The minimum absolute atomic E-state index is 0. The minimum Gasteiger partial charge on any atom is -0.394 e. The lowest BCUT2D eigenvalue weighted by atomic mass is 10.0. The van der Waals surface area contributed by atoms with Crippen LogP contribution >= 0.6 is 36.2 Å². The first kappa shape index (κ1) is 22.8. The highest BCUT2D eigenvalue weighted by atomic mass is 35.5. The molecule has 0 spiro atoms. The van der Waals surface area contributed by atoms with E-state index in [0.29, 0.717) is 13.0 Å². The molecule has 1 saturated heterocycles. The number of carbonyl (C=O) groups is 1. The number of hydrogen-bond acceptors (Lipinski definition) is 6. The topological polar surface area (TPSA) is 94.5 Å². The molecule has 2 aromatic rings. The maximum absolute atomic E-state index is 12.2. The zero-order valence-electron chi connectivity index (χ0n) is 14.2. The van der Waals surface area contributed by atoms with E-state index in [1.54, 1.807) is 11.3 Å². The predicted octanol–water partition coefficient (Wildman–Crippen LogP) is 1.83. The second kappa shape index (κ2) is 10.2. The van der Waals surface area contributed by atoms with Gasteiger partial charge in [-0.15, -0.1) is 36.2 Å². The summed E-state index contributed by atoms with van der Waals surface area (Å²) < 4.78 is 0. The van der Waals surface area contributed by atoms with Gasteiger partial charge in [0.25, 0.3) is 0 Å². The molecule has 1 aromatic heterocycles. The van der Waals surface area contributed by atoms with E-state index in [-0.39, 0.29) is 37.3 Å². The van der Waals surface area contributed by atoms with Gasteiger partial charge in [-0.2, -0.15) is 0 Å². The van der Waals surface area contributed by atoms with Gasteiger partial charge in [-0.3, -0.25) is 4.79 Å². The second-order valence-electron chi connectivity index (χ2n) is 5.98. The second-order valence-corrected chi connectivity index (χ2v) is 6.84. The molecule has 9 heteroatoms. The Morgan fingerprint density at radius 3 is 2.58 bits per heavy atom. The lowest BCUT2D eigenvalue weighted by Crippen LogP contribution is -2.42. The summed E-state index contributed by atoms with van der Waals surface area (Å²) in [5, 5.41) is 24.9. The van der Waals surface area contributed by atoms with Crippen LogP contribution in [-0.4, -0.2) is 46.4 Å². The summed E-state index contributed by atoms with van der Waals surface area (Å²) in [6, 6.07) is 6.89. The molecule has 4 N–H and O–H groups in total. The number of β-amino-alcohol motifs (C(OH)–C–C–N with tert-alkyl or cyclic N) is 1. The van der Waals surface area contributed by atoms with E-state index in [0.717, 1.165) is 21.7 Å². The number of nitrogens with zero attached hydrogens (tertiary/aromatic N) is 1. The maximum atomic E-state index is 12.2. The number of aromatic nitrogens is 1. The molecule has 1 aliphatic rings. The molecule has 3 rings (SSSR count). The van der Waals surface area contributed by atoms with Crippen molar-refractivity contribution >= 4 is 42.1 Å². The van der Waals surface area contributed by atoms with E-state index in [1.165, 1.54) is 0 Å². The number of amides is 1. The van der Waals surface area contributed by atoms with Gasteiger partial charge in [-0.1, -0.05) is 24.3 Å². The molecule has 0 radical (unpaired) electrons. The van der Waals surface area contributed by atoms with Crippen molar-refractivity contribution in [2.24, 2.45) is 0 Å². The van der Waals surface area contributed by atoms with Gasteiger partial charge < -0.3 is 20.8 Å². The van der Waals surface area contributed by atoms with Crippen LogP contribution in [-0.2, 0) is 4.79 Å². The third-order valence-electron chi connectivity index (χ3n) is 4.24. The van der Waals surface area contributed by atoms with Gasteiger partial charge in [0.05, 0.1) is 40.9 Å². The fourth-order valence-corrected chi connectivity index (χ4v) is 3.68. The molecule has 3 atom stereocenters. The van der Waals surface area contributed by atoms with Gasteiger partial charge in [-0.05, 0) is 24.5 Å². The van der Waals surface area contributed by atoms with Crippen LogP contribution in [0.25, 0.3) is 10.4 Å². The molecule has 144 valence electrons. The van der Waals surface area contributed by atoms with Crippen molar-refractivity contribution in [3.8, 4) is 10.4 Å². The lowest BCUT2D eigenvalue weighted by molar-refractivity contribution is -0.124. The SMILES string of the molecule is Cc1ncsc1-c1ccc([C@H](CO)NC(=O)[C@@H]2CC(O)CN2)cc1.Cl.Cl. The Balaban J connectivity index is 0.00000169. The number of thiazole rings is 1. The minimum atomic E-state index is -0.491. The number of benzene rings is 1. The maximum Gasteiger partial charge on any atom is 0.237 e. The van der Waals surface area contributed by atoms with Crippen LogP contribution in [0, 0.1) is 6.92 Å². The Bertz CT molecular complexity index is 712. The molecular formula is C17H23Cl2N3O3S. The number of rotatable bonds is 5. The van der Waals surface area contributed by atoms with Crippen molar-refractivity contribution in [2.45, 2.75) is 31.5 Å². The molecule has 1 fully saturated rings. The molecule has 26 heavy (non-hydrogen) atoms. The first-order valence-corrected chi connectivity index (χ1v) is 8.79. The van der Waals surface area contributed by atoms with Crippen LogP contribution < -0.4 is 10.6 Å². The van der Waals surface area contributed by atoms with Crippen molar-refractivity contribution in [1.29, 1.82) is 0 Å². The molecule has 2 heterocycles. The van der Waals surface area contributed by atoms with E-state index >= 15 is 0 Å². The number of nitrogens with one attached hydrogen (secondary N) is 2. The van der Waals surface area contributed by atoms with Gasteiger partial charge in [-0.25, -0.2) is 4.98 Å². The fourth-order valence-electron chi connectivity index (χ4n) is 2.87. The number of carbonyl (C=O) groups excluding carboxylic acids is 1. The molecule has 1 amide bonds. The number of hydrogen-bond donors (Lipinski definition) is 4. The van der Waals surface area contributed by atoms with Crippen LogP contribution in [0.15, 0.2) is 29.8 Å². The zero-order chi connectivity index (χ0) is 17.1. The Hall–Kier alpha value is -1.22. The van der Waals surface area contributed by atoms with Gasteiger partial charge in [0, 0.05) is 6.54 Å². The standard InChI is InChI=1S/C17H21N3O3S.2ClH/c1-10-16(24-9-19-10)12-4-2-11(3-5-12)15(8-21)20-17(23)14-6-13(22)7-18-14;;/h2-5,9,13-15,18,21-22H,6-8H2,1H3,(H,20,23);2*1H/t13?,14-,15-;;/m0../s1. The summed E-state index contributed by atoms with van der Waals surface area (Å²) in [7, 11) is 0. The third kappa shape index (κ3) is 5.16. The monoisotopic (exact) mass is 419 g/mol. The van der Waals surface area contributed by atoms with Gasteiger partial charge in [0.1, 0.15) is 0 Å². The molecule has 1 unspecified atom stereocenters. The molecule has 1 aliphatic heterocycles. The Morgan fingerprint density at radius 2 is 2.08 bits per heavy atom. The van der Waals surface area contributed by atoms with E-state index in [1.807, 2.05) is 36.7 Å². The Labute approximate surface area is 168 Å². The first-order chi connectivity index (χ1) is 11.6. The highest BCUT2D eigenvalue weighted by Gasteiger charge is 2.29. The molecule has 0 bridgehead atoms. The van der Waals surface area contributed by atoms with Crippen molar-refractivity contribution in [3.05, 3.63) is 41.0 Å². The molecule has 0 saturated carbocycles. The smallest absolute Gasteiger partial charge is 0.237 e. The zero-order valence-corrected chi connectivity index (χ0v) is 16.7. The number of halogens is 2. The Kier molecular flexibility index (Phi) is 8.95. The van der Waals surface area contributed by atoms with Crippen LogP contribution in [0.5, 0.6) is 0 Å². The summed E-state index contributed by atoms with van der Waals surface area (Å²) in [5.74, 6) is -0.201. The average Bonchev–Trinajstić information content (AvgIpc) is 3.21. The quantitative estimate of drug-likeness (QED) is 0.592. The van der Waals surface area contributed by atoms with Crippen molar-refractivity contribution in [3.63, 3.8) is 0 Å². The Morgan fingerprint density at radius 1 is 1.38 bits per heavy atom. The number of aliphatic hydroxyl groups excluding tert-OH is 2. The highest BCUT2D eigenvalue weighted by Crippen LogP contribution is 2.28. The fraction of sp³-hybridized carbons (Fsp3) is 0.412. The largest absolute Gasteiger partial charge is 0.394 e. The summed E-state index contributed by atoms with van der Waals surface area (Å²) >= 11 is 1.59. The summed E-state index contributed by atoms with van der Waals surface area (Å²) in [6.45, 7) is 2.21. The van der Waals surface area contributed by atoms with Crippen molar-refractivity contribution in [2.75, 3.05) is 13.2 Å². The number of aliphatic hydroxyl groups is 2. The molecular weight excluding hydrogens is 397 g/mol. The van der Waals surface area contributed by atoms with E-state index in [2.05, 4.69) is 15.6 Å². The van der Waals surface area contributed by atoms with E-state index in [9.17, 15) is 15.0 Å². The van der Waals surface area contributed by atoms with Crippen molar-refractivity contribution in [1.82, 2.24) is 15.6 Å².